The fourth-order valence-electron chi connectivity index (χ4n) is 3.82. The summed E-state index contributed by atoms with van der Waals surface area (Å²) in [4.78, 5) is 2.66. The van der Waals surface area contributed by atoms with E-state index in [-0.39, 0.29) is 0 Å². The largest absolute Gasteiger partial charge is 0.396 e. The summed E-state index contributed by atoms with van der Waals surface area (Å²) in [6, 6.07) is 9.45. The molecule has 0 spiro atoms. The Balaban J connectivity index is 1.78. The molecule has 0 amide bonds. The van der Waals surface area contributed by atoms with Crippen molar-refractivity contribution in [2.24, 2.45) is 5.92 Å². The van der Waals surface area contributed by atoms with E-state index in [4.69, 9.17) is 0 Å². The minimum Gasteiger partial charge on any atom is -0.396 e. The standard InChI is InChI=1S/C17H26N2O/c20-11-8-14-4-3-10-19(13-14)17-7-9-18-12-15-5-1-2-6-16(15)17/h1-2,5-6,14,17-18,20H,3-4,7-13H2. The number of nitrogens with zero attached hydrogens (tertiary/aromatic N) is 1. The molecule has 2 atom stereocenters. The highest BCUT2D eigenvalue weighted by Crippen LogP contribution is 2.33. The van der Waals surface area contributed by atoms with E-state index in [9.17, 15) is 5.11 Å². The van der Waals surface area contributed by atoms with Gasteiger partial charge in [0.05, 0.1) is 0 Å². The van der Waals surface area contributed by atoms with Gasteiger partial charge in [-0.1, -0.05) is 24.3 Å². The number of rotatable bonds is 3. The molecule has 3 heteroatoms. The number of piperidine rings is 1. The fraction of sp³-hybridized carbons (Fsp3) is 0.647. The summed E-state index contributed by atoms with van der Waals surface area (Å²) in [6.45, 7) is 4.79. The maximum Gasteiger partial charge on any atom is 0.0434 e. The van der Waals surface area contributed by atoms with E-state index in [2.05, 4.69) is 34.5 Å². The summed E-state index contributed by atoms with van der Waals surface area (Å²) in [7, 11) is 0. The van der Waals surface area contributed by atoms with Gasteiger partial charge in [-0.2, -0.15) is 0 Å². The summed E-state index contributed by atoms with van der Waals surface area (Å²) < 4.78 is 0. The number of hydrogen-bond donors (Lipinski definition) is 2. The van der Waals surface area contributed by atoms with Crippen molar-refractivity contribution in [2.75, 3.05) is 26.2 Å². The second-order valence-electron chi connectivity index (χ2n) is 6.20. The van der Waals surface area contributed by atoms with Gasteiger partial charge in [-0.25, -0.2) is 0 Å². The zero-order chi connectivity index (χ0) is 13.8. The van der Waals surface area contributed by atoms with Crippen molar-refractivity contribution in [2.45, 2.75) is 38.3 Å². The maximum atomic E-state index is 9.19. The number of likely N-dealkylation sites (tertiary alicyclic amines) is 1. The quantitative estimate of drug-likeness (QED) is 0.888. The molecular weight excluding hydrogens is 248 g/mol. The van der Waals surface area contributed by atoms with Crippen molar-refractivity contribution in [3.63, 3.8) is 0 Å². The molecule has 0 bridgehead atoms. The molecular formula is C17H26N2O. The van der Waals surface area contributed by atoms with Crippen LogP contribution in [-0.2, 0) is 6.54 Å². The third-order valence-corrected chi connectivity index (χ3v) is 4.85. The third-order valence-electron chi connectivity index (χ3n) is 4.85. The van der Waals surface area contributed by atoms with Crippen LogP contribution in [0.4, 0.5) is 0 Å². The van der Waals surface area contributed by atoms with E-state index in [0.717, 1.165) is 26.1 Å². The molecule has 110 valence electrons. The molecule has 3 rings (SSSR count). The van der Waals surface area contributed by atoms with Crippen LogP contribution in [0.1, 0.15) is 42.9 Å². The first-order valence-electron chi connectivity index (χ1n) is 8.02. The van der Waals surface area contributed by atoms with Crippen LogP contribution in [0.3, 0.4) is 0 Å². The molecule has 2 N–H and O–H groups in total. The molecule has 1 fully saturated rings. The van der Waals surface area contributed by atoms with E-state index >= 15 is 0 Å². The van der Waals surface area contributed by atoms with E-state index in [1.54, 1.807) is 0 Å². The summed E-state index contributed by atoms with van der Waals surface area (Å²) in [5, 5.41) is 12.7. The van der Waals surface area contributed by atoms with Crippen molar-refractivity contribution in [1.82, 2.24) is 10.2 Å². The van der Waals surface area contributed by atoms with E-state index in [1.165, 1.54) is 36.9 Å². The van der Waals surface area contributed by atoms with Crippen LogP contribution in [-0.4, -0.2) is 36.2 Å². The highest BCUT2D eigenvalue weighted by molar-refractivity contribution is 5.31. The van der Waals surface area contributed by atoms with Crippen LogP contribution < -0.4 is 5.32 Å². The van der Waals surface area contributed by atoms with E-state index in [0.29, 0.717) is 18.6 Å². The Kier molecular flexibility index (Phi) is 4.71. The van der Waals surface area contributed by atoms with Crippen LogP contribution in [0, 0.1) is 5.92 Å². The lowest BCUT2D eigenvalue weighted by atomic mass is 9.91. The number of hydrogen-bond acceptors (Lipinski definition) is 3. The van der Waals surface area contributed by atoms with E-state index in [1.807, 2.05) is 0 Å². The van der Waals surface area contributed by atoms with Gasteiger partial charge < -0.3 is 10.4 Å². The van der Waals surface area contributed by atoms with Gasteiger partial charge in [-0.15, -0.1) is 0 Å². The van der Waals surface area contributed by atoms with Crippen molar-refractivity contribution in [3.05, 3.63) is 35.4 Å². The molecule has 2 aliphatic rings. The van der Waals surface area contributed by atoms with Crippen molar-refractivity contribution in [1.29, 1.82) is 0 Å². The first-order valence-corrected chi connectivity index (χ1v) is 8.02. The van der Waals surface area contributed by atoms with Gasteiger partial charge in [-0.3, -0.25) is 4.90 Å². The molecule has 0 aliphatic carbocycles. The van der Waals surface area contributed by atoms with Crippen LogP contribution in [0.25, 0.3) is 0 Å². The number of aliphatic hydroxyl groups excluding tert-OH is 1. The Morgan fingerprint density at radius 2 is 2.15 bits per heavy atom. The van der Waals surface area contributed by atoms with Gasteiger partial charge in [0.2, 0.25) is 0 Å². The van der Waals surface area contributed by atoms with Crippen molar-refractivity contribution >= 4 is 0 Å². The van der Waals surface area contributed by atoms with Crippen molar-refractivity contribution < 1.29 is 5.11 Å². The van der Waals surface area contributed by atoms with E-state index < -0.39 is 0 Å². The molecule has 0 saturated carbocycles. The highest BCUT2D eigenvalue weighted by atomic mass is 16.3. The Morgan fingerprint density at radius 1 is 1.25 bits per heavy atom. The molecule has 0 aromatic heterocycles. The molecule has 2 unspecified atom stereocenters. The van der Waals surface area contributed by atoms with Gasteiger partial charge in [0.1, 0.15) is 0 Å². The molecule has 20 heavy (non-hydrogen) atoms. The Bertz CT molecular complexity index is 433. The minimum atomic E-state index is 0.335. The second kappa shape index (κ2) is 6.70. The summed E-state index contributed by atoms with van der Waals surface area (Å²) in [5.74, 6) is 0.678. The van der Waals surface area contributed by atoms with Gasteiger partial charge in [0.15, 0.2) is 0 Å². The third kappa shape index (κ3) is 3.05. The van der Waals surface area contributed by atoms with Gasteiger partial charge in [-0.05, 0) is 55.8 Å². The molecule has 1 aromatic rings. The topological polar surface area (TPSA) is 35.5 Å². The van der Waals surface area contributed by atoms with Crippen LogP contribution in [0.5, 0.6) is 0 Å². The number of nitrogens with one attached hydrogen (secondary N) is 1. The Hall–Kier alpha value is -0.900. The van der Waals surface area contributed by atoms with Gasteiger partial charge in [0, 0.05) is 25.7 Å². The lowest BCUT2D eigenvalue weighted by molar-refractivity contribution is 0.103. The molecule has 2 aliphatic heterocycles. The van der Waals surface area contributed by atoms with Crippen molar-refractivity contribution in [3.8, 4) is 0 Å². The predicted octanol–water partition coefficient (Wildman–Crippen LogP) is 2.32. The lowest BCUT2D eigenvalue weighted by Gasteiger charge is -2.38. The highest BCUT2D eigenvalue weighted by Gasteiger charge is 2.28. The Labute approximate surface area is 122 Å². The molecule has 2 heterocycles. The molecule has 1 saturated heterocycles. The average Bonchev–Trinajstić information content (AvgIpc) is 2.70. The summed E-state index contributed by atoms with van der Waals surface area (Å²) in [6.07, 6.45) is 4.71. The molecule has 0 radical (unpaired) electrons. The number of aliphatic hydroxyl groups is 1. The Morgan fingerprint density at radius 3 is 3.05 bits per heavy atom. The van der Waals surface area contributed by atoms with Gasteiger partial charge in [0.25, 0.3) is 0 Å². The lowest BCUT2D eigenvalue weighted by Crippen LogP contribution is -2.39. The second-order valence-corrected chi connectivity index (χ2v) is 6.20. The normalized spacial score (nSPS) is 27.9. The first kappa shape index (κ1) is 14.1. The number of benzene rings is 1. The first-order chi connectivity index (χ1) is 9.88. The smallest absolute Gasteiger partial charge is 0.0434 e. The van der Waals surface area contributed by atoms with Gasteiger partial charge >= 0.3 is 0 Å². The summed E-state index contributed by atoms with van der Waals surface area (Å²) in [5.41, 5.74) is 2.97. The average molecular weight is 274 g/mol. The zero-order valence-corrected chi connectivity index (χ0v) is 12.2. The zero-order valence-electron chi connectivity index (χ0n) is 12.2. The summed E-state index contributed by atoms with van der Waals surface area (Å²) >= 11 is 0. The molecule has 3 nitrogen and oxygen atoms in total. The fourth-order valence-corrected chi connectivity index (χ4v) is 3.82. The monoisotopic (exact) mass is 274 g/mol. The molecule has 1 aromatic carbocycles. The van der Waals surface area contributed by atoms with Crippen LogP contribution >= 0.6 is 0 Å². The predicted molar refractivity (Wildman–Crippen MR) is 81.5 cm³/mol. The number of fused-ring (bicyclic) bond motifs is 1. The minimum absolute atomic E-state index is 0.335. The SMILES string of the molecule is OCCC1CCCN(C2CCNCc3ccccc32)C1. The maximum absolute atomic E-state index is 9.19. The van der Waals surface area contributed by atoms with Crippen LogP contribution in [0.2, 0.25) is 0 Å². The van der Waals surface area contributed by atoms with Crippen LogP contribution in [0.15, 0.2) is 24.3 Å².